The van der Waals surface area contributed by atoms with Gasteiger partial charge in [0.1, 0.15) is 11.1 Å². The van der Waals surface area contributed by atoms with Crippen LogP contribution in [-0.2, 0) is 23.2 Å². The van der Waals surface area contributed by atoms with Gasteiger partial charge in [-0.2, -0.15) is 10.4 Å². The van der Waals surface area contributed by atoms with Crippen molar-refractivity contribution in [1.29, 1.82) is 5.26 Å². The van der Waals surface area contributed by atoms with Gasteiger partial charge in [0, 0.05) is 23.1 Å². The van der Waals surface area contributed by atoms with Gasteiger partial charge in [0.25, 0.3) is 0 Å². The van der Waals surface area contributed by atoms with Crippen LogP contribution < -0.4 is 0 Å². The predicted molar refractivity (Wildman–Crippen MR) is 195 cm³/mol. The molecule has 6 nitrogen and oxygen atoms in total. The van der Waals surface area contributed by atoms with Crippen molar-refractivity contribution >= 4 is 5.97 Å². The minimum absolute atomic E-state index is 0.357. The minimum Gasteiger partial charge on any atom is -0.456 e. The first-order valence-corrected chi connectivity index (χ1v) is 16.8. The maximum absolute atomic E-state index is 13.9. The molecular weight excluding hydrogens is 604 g/mol. The number of rotatable bonds is 9. The van der Waals surface area contributed by atoms with Crippen LogP contribution >= 0.6 is 0 Å². The summed E-state index contributed by atoms with van der Waals surface area (Å²) in [5.74, 6) is -0.357. The van der Waals surface area contributed by atoms with Gasteiger partial charge in [0.15, 0.2) is 0 Å². The highest BCUT2D eigenvalue weighted by atomic mass is 16.6. The van der Waals surface area contributed by atoms with Crippen LogP contribution in [0.2, 0.25) is 0 Å². The van der Waals surface area contributed by atoms with Gasteiger partial charge in [-0.15, -0.1) is 0 Å². The quantitative estimate of drug-likeness (QED) is 0.116. The number of carbonyl (C=O) groups is 1. The number of hydrogen-bond acceptors (Lipinski definition) is 4. The molecule has 0 saturated carbocycles. The molecule has 0 radical (unpaired) electrons. The molecular formula is C43H42N4O2. The molecule has 0 aliphatic rings. The smallest absolute Gasteiger partial charge is 0.341 e. The van der Waals surface area contributed by atoms with E-state index in [1.54, 1.807) is 12.1 Å². The molecule has 0 amide bonds. The van der Waals surface area contributed by atoms with Crippen LogP contribution in [0.25, 0.3) is 11.1 Å². The van der Waals surface area contributed by atoms with E-state index in [1.807, 2.05) is 51.1 Å². The summed E-state index contributed by atoms with van der Waals surface area (Å²) < 4.78 is 10.3. The first kappa shape index (κ1) is 33.2. The summed E-state index contributed by atoms with van der Waals surface area (Å²) in [6, 6.07) is 41.2. The SMILES string of the molecule is CCc1c(C(=O)OC(C)(C)C)c(-c2ccc(C#N)cc2)c(C)n1Cc1nn(C(c2ccccc2)(c2ccccc2)c2ccccc2)cc1C. The van der Waals surface area contributed by atoms with Crippen molar-refractivity contribution in [3.63, 3.8) is 0 Å². The van der Waals surface area contributed by atoms with Crippen molar-refractivity contribution < 1.29 is 9.53 Å². The lowest BCUT2D eigenvalue weighted by atomic mass is 9.77. The number of carbonyl (C=O) groups excluding carboxylic acids is 1. The third-order valence-corrected chi connectivity index (χ3v) is 9.10. The number of hydrogen-bond donors (Lipinski definition) is 0. The predicted octanol–water partition coefficient (Wildman–Crippen LogP) is 9.25. The molecule has 0 atom stereocenters. The molecule has 246 valence electrons. The van der Waals surface area contributed by atoms with Crippen LogP contribution in [0, 0.1) is 25.2 Å². The Morgan fingerprint density at radius 3 is 1.76 bits per heavy atom. The van der Waals surface area contributed by atoms with Crippen LogP contribution in [0.3, 0.4) is 0 Å². The zero-order valence-corrected chi connectivity index (χ0v) is 29.1. The first-order valence-electron chi connectivity index (χ1n) is 16.8. The fraction of sp³-hybridized carbons (Fsp3) is 0.233. The van der Waals surface area contributed by atoms with E-state index in [0.29, 0.717) is 24.1 Å². The van der Waals surface area contributed by atoms with E-state index < -0.39 is 11.1 Å². The normalized spacial score (nSPS) is 11.7. The number of esters is 1. The summed E-state index contributed by atoms with van der Waals surface area (Å²) >= 11 is 0. The average Bonchev–Trinajstić information content (AvgIpc) is 3.61. The second-order valence-corrected chi connectivity index (χ2v) is 13.4. The fourth-order valence-electron chi connectivity index (χ4n) is 6.90. The Hall–Kier alpha value is -5.67. The molecule has 0 aliphatic heterocycles. The highest BCUT2D eigenvalue weighted by molar-refractivity contribution is 6.00. The Morgan fingerprint density at radius 2 is 1.31 bits per heavy atom. The lowest BCUT2D eigenvalue weighted by Gasteiger charge is -2.36. The van der Waals surface area contributed by atoms with Crippen LogP contribution in [0.1, 0.15) is 83.0 Å². The molecule has 6 rings (SSSR count). The van der Waals surface area contributed by atoms with Gasteiger partial charge < -0.3 is 9.30 Å². The van der Waals surface area contributed by atoms with Crippen molar-refractivity contribution in [1.82, 2.24) is 14.3 Å². The van der Waals surface area contributed by atoms with E-state index in [-0.39, 0.29) is 5.97 Å². The molecule has 2 heterocycles. The molecule has 0 unspecified atom stereocenters. The number of aryl methyl sites for hydroxylation is 1. The van der Waals surface area contributed by atoms with Gasteiger partial charge in [-0.25, -0.2) is 4.79 Å². The molecule has 49 heavy (non-hydrogen) atoms. The summed E-state index contributed by atoms with van der Waals surface area (Å²) in [6.45, 7) is 12.3. The van der Waals surface area contributed by atoms with Crippen LogP contribution in [0.15, 0.2) is 121 Å². The largest absolute Gasteiger partial charge is 0.456 e. The summed E-state index contributed by atoms with van der Waals surface area (Å²) in [7, 11) is 0. The highest BCUT2D eigenvalue weighted by Crippen LogP contribution is 2.41. The van der Waals surface area contributed by atoms with Crippen LogP contribution in [0.4, 0.5) is 0 Å². The van der Waals surface area contributed by atoms with Gasteiger partial charge in [0.2, 0.25) is 0 Å². The number of ether oxygens (including phenoxy) is 1. The van der Waals surface area contributed by atoms with E-state index >= 15 is 0 Å². The monoisotopic (exact) mass is 646 g/mol. The van der Waals surface area contributed by atoms with E-state index in [9.17, 15) is 10.1 Å². The van der Waals surface area contributed by atoms with Crippen LogP contribution in [0.5, 0.6) is 0 Å². The summed E-state index contributed by atoms with van der Waals surface area (Å²) in [5, 5.41) is 14.8. The second kappa shape index (κ2) is 13.4. The van der Waals surface area contributed by atoms with Crippen molar-refractivity contribution in [3.05, 3.63) is 172 Å². The Bertz CT molecular complexity index is 2020. The van der Waals surface area contributed by atoms with E-state index in [4.69, 9.17) is 9.84 Å². The van der Waals surface area contributed by atoms with E-state index in [1.165, 1.54) is 0 Å². The highest BCUT2D eigenvalue weighted by Gasteiger charge is 2.40. The second-order valence-electron chi connectivity index (χ2n) is 13.4. The van der Waals surface area contributed by atoms with E-state index in [2.05, 4.69) is 115 Å². The van der Waals surface area contributed by atoms with Gasteiger partial charge >= 0.3 is 5.97 Å². The van der Waals surface area contributed by atoms with Crippen molar-refractivity contribution in [2.75, 3.05) is 0 Å². The maximum atomic E-state index is 13.9. The Morgan fingerprint density at radius 1 is 0.796 bits per heavy atom. The summed E-state index contributed by atoms with van der Waals surface area (Å²) in [6.07, 6.45) is 2.76. The zero-order valence-electron chi connectivity index (χ0n) is 29.1. The van der Waals surface area contributed by atoms with Crippen molar-refractivity contribution in [2.45, 2.75) is 65.6 Å². The third-order valence-electron chi connectivity index (χ3n) is 9.10. The molecule has 2 aromatic heterocycles. The molecule has 0 spiro atoms. The van der Waals surface area contributed by atoms with Crippen molar-refractivity contribution in [2.24, 2.45) is 0 Å². The fourth-order valence-corrected chi connectivity index (χ4v) is 6.90. The average molecular weight is 647 g/mol. The van der Waals surface area contributed by atoms with Crippen LogP contribution in [-0.4, -0.2) is 25.9 Å². The Kier molecular flexibility index (Phi) is 9.12. The number of aromatic nitrogens is 3. The topological polar surface area (TPSA) is 72.8 Å². The van der Waals surface area contributed by atoms with E-state index in [0.717, 1.165) is 50.5 Å². The van der Waals surface area contributed by atoms with Gasteiger partial charge in [-0.3, -0.25) is 4.68 Å². The standard InChI is InChI=1S/C43H42N4O2/c1-7-38-40(41(48)49-42(4,5)6)39(33-25-23-32(27-44)24-26-33)31(3)46(38)29-37-30(2)28-47(45-37)43(34-17-11-8-12-18-34,35-19-13-9-14-20-35)36-21-15-10-16-22-36/h8-26,28H,7,29H2,1-6H3. The van der Waals surface area contributed by atoms with Gasteiger partial charge in [-0.05, 0) is 81.0 Å². The Balaban J connectivity index is 1.56. The summed E-state index contributed by atoms with van der Waals surface area (Å²) in [4.78, 5) is 13.9. The third kappa shape index (κ3) is 6.21. The number of benzene rings is 4. The van der Waals surface area contributed by atoms with Crippen molar-refractivity contribution in [3.8, 4) is 17.2 Å². The molecule has 0 aliphatic carbocycles. The molecule has 0 fully saturated rings. The first-order chi connectivity index (χ1) is 23.6. The number of nitriles is 1. The minimum atomic E-state index is -0.735. The molecule has 6 aromatic rings. The number of nitrogens with zero attached hydrogens (tertiary/aromatic N) is 4. The Labute approximate surface area is 289 Å². The molecule has 0 N–H and O–H groups in total. The van der Waals surface area contributed by atoms with Gasteiger partial charge in [0.05, 0.1) is 29.4 Å². The molecule has 0 bridgehead atoms. The molecule has 0 saturated heterocycles. The molecule has 6 heteroatoms. The van der Waals surface area contributed by atoms with Gasteiger partial charge in [-0.1, -0.05) is 110 Å². The summed E-state index contributed by atoms with van der Waals surface area (Å²) in [5.41, 5.74) is 8.49. The zero-order chi connectivity index (χ0) is 34.8. The lowest BCUT2D eigenvalue weighted by Crippen LogP contribution is -2.38. The maximum Gasteiger partial charge on any atom is 0.341 e. The molecule has 4 aromatic carbocycles. The lowest BCUT2D eigenvalue weighted by molar-refractivity contribution is 0.00690.